The molecule has 0 unspecified atom stereocenters. The lowest BCUT2D eigenvalue weighted by Gasteiger charge is -2.19. The van der Waals surface area contributed by atoms with E-state index in [-0.39, 0.29) is 5.92 Å². The number of aromatic nitrogens is 4. The van der Waals surface area contributed by atoms with E-state index in [4.69, 9.17) is 9.47 Å². The van der Waals surface area contributed by atoms with Crippen LogP contribution >= 0.6 is 0 Å². The third-order valence-electron chi connectivity index (χ3n) is 5.22. The number of imidazole rings is 2. The molecule has 0 amide bonds. The van der Waals surface area contributed by atoms with E-state index in [2.05, 4.69) is 24.8 Å². The van der Waals surface area contributed by atoms with E-state index in [0.29, 0.717) is 11.5 Å². The lowest BCUT2D eigenvalue weighted by atomic mass is 9.92. The minimum Gasteiger partial charge on any atom is -0.493 e. The Morgan fingerprint density at radius 1 is 0.724 bits per heavy atom. The molecule has 6 nitrogen and oxygen atoms in total. The lowest BCUT2D eigenvalue weighted by Crippen LogP contribution is -2.09. The van der Waals surface area contributed by atoms with Crippen LogP contribution in [0.15, 0.2) is 79.4 Å². The van der Waals surface area contributed by atoms with Gasteiger partial charge in [-0.3, -0.25) is 0 Å². The molecule has 0 saturated heterocycles. The molecule has 0 spiro atoms. The van der Waals surface area contributed by atoms with Gasteiger partial charge in [-0.1, -0.05) is 18.2 Å². The van der Waals surface area contributed by atoms with Crippen LogP contribution < -0.4 is 9.47 Å². The van der Waals surface area contributed by atoms with Gasteiger partial charge in [-0.05, 0) is 42.0 Å². The maximum atomic E-state index is 5.57. The molecular weight excluding hydrogens is 364 g/mol. The Kier molecular flexibility index (Phi) is 4.17. The van der Waals surface area contributed by atoms with Gasteiger partial charge in [-0.25, -0.2) is 9.97 Å². The van der Waals surface area contributed by atoms with Crippen molar-refractivity contribution in [2.24, 2.45) is 0 Å². The van der Waals surface area contributed by atoms with Crippen LogP contribution in [0.5, 0.6) is 11.5 Å². The van der Waals surface area contributed by atoms with Crippen molar-refractivity contribution >= 4 is 11.3 Å². The average molecular weight is 384 g/mol. The van der Waals surface area contributed by atoms with Crippen LogP contribution in [-0.4, -0.2) is 33.0 Å². The number of hydrogen-bond donors (Lipinski definition) is 0. The van der Waals surface area contributed by atoms with E-state index in [0.717, 1.165) is 28.2 Å². The summed E-state index contributed by atoms with van der Waals surface area (Å²) >= 11 is 0. The highest BCUT2D eigenvalue weighted by Crippen LogP contribution is 2.37. The van der Waals surface area contributed by atoms with Gasteiger partial charge in [-0.15, -0.1) is 0 Å². The SMILES string of the molecule is COc1ccc(C(c2cnc3ccccn23)c2cnc3ccccn23)cc1OC. The summed E-state index contributed by atoms with van der Waals surface area (Å²) in [6.45, 7) is 0. The Labute approximate surface area is 168 Å². The summed E-state index contributed by atoms with van der Waals surface area (Å²) in [5, 5.41) is 0. The maximum absolute atomic E-state index is 5.57. The van der Waals surface area contributed by atoms with E-state index in [1.165, 1.54) is 0 Å². The zero-order valence-electron chi connectivity index (χ0n) is 16.2. The van der Waals surface area contributed by atoms with Crippen molar-refractivity contribution < 1.29 is 9.47 Å². The zero-order chi connectivity index (χ0) is 19.8. The molecule has 1 aromatic carbocycles. The molecular formula is C23H20N4O2. The van der Waals surface area contributed by atoms with Gasteiger partial charge in [0, 0.05) is 12.4 Å². The fourth-order valence-corrected chi connectivity index (χ4v) is 3.86. The first-order valence-electron chi connectivity index (χ1n) is 9.36. The predicted octanol–water partition coefficient (Wildman–Crippen LogP) is 4.18. The molecule has 0 aliphatic heterocycles. The lowest BCUT2D eigenvalue weighted by molar-refractivity contribution is 0.354. The summed E-state index contributed by atoms with van der Waals surface area (Å²) in [5.74, 6) is 1.30. The Balaban J connectivity index is 1.78. The Morgan fingerprint density at radius 2 is 1.31 bits per heavy atom. The van der Waals surface area contributed by atoms with E-state index >= 15 is 0 Å². The number of rotatable bonds is 5. The van der Waals surface area contributed by atoms with Gasteiger partial charge in [0.25, 0.3) is 0 Å². The first kappa shape index (κ1) is 17.3. The second-order valence-corrected chi connectivity index (χ2v) is 6.77. The number of hydrogen-bond acceptors (Lipinski definition) is 4. The molecule has 6 heteroatoms. The Morgan fingerprint density at radius 3 is 1.86 bits per heavy atom. The third kappa shape index (κ3) is 2.81. The minimum absolute atomic E-state index is 0.0930. The van der Waals surface area contributed by atoms with Crippen LogP contribution in [0.25, 0.3) is 11.3 Å². The molecule has 0 radical (unpaired) electrons. The van der Waals surface area contributed by atoms with Crippen molar-refractivity contribution in [2.75, 3.05) is 14.2 Å². The van der Waals surface area contributed by atoms with Gasteiger partial charge >= 0.3 is 0 Å². The molecule has 4 heterocycles. The van der Waals surface area contributed by atoms with Crippen molar-refractivity contribution in [3.05, 3.63) is 96.3 Å². The van der Waals surface area contributed by atoms with Gasteiger partial charge in [0.2, 0.25) is 0 Å². The van der Waals surface area contributed by atoms with Crippen molar-refractivity contribution in [1.29, 1.82) is 0 Å². The average Bonchev–Trinajstić information content (AvgIpc) is 3.39. The van der Waals surface area contributed by atoms with Crippen molar-refractivity contribution in [3.63, 3.8) is 0 Å². The molecule has 5 rings (SSSR count). The maximum Gasteiger partial charge on any atom is 0.161 e. The summed E-state index contributed by atoms with van der Waals surface area (Å²) in [5.41, 5.74) is 4.99. The van der Waals surface area contributed by atoms with E-state index in [9.17, 15) is 0 Å². The number of nitrogens with zero attached hydrogens (tertiary/aromatic N) is 4. The number of ether oxygens (including phenoxy) is 2. The summed E-state index contributed by atoms with van der Waals surface area (Å²) in [7, 11) is 3.29. The van der Waals surface area contributed by atoms with Gasteiger partial charge in [0.05, 0.1) is 43.9 Å². The molecule has 0 aliphatic rings. The highest BCUT2D eigenvalue weighted by Gasteiger charge is 2.25. The second kappa shape index (κ2) is 6.98. The van der Waals surface area contributed by atoms with Gasteiger partial charge < -0.3 is 18.3 Å². The predicted molar refractivity (Wildman–Crippen MR) is 111 cm³/mol. The summed E-state index contributed by atoms with van der Waals surface area (Å²) < 4.78 is 15.2. The summed E-state index contributed by atoms with van der Waals surface area (Å²) in [6.07, 6.45) is 7.93. The van der Waals surface area contributed by atoms with E-state index in [1.54, 1.807) is 14.2 Å². The number of pyridine rings is 2. The number of benzene rings is 1. The summed E-state index contributed by atoms with van der Waals surface area (Å²) in [6, 6.07) is 18.0. The largest absolute Gasteiger partial charge is 0.493 e. The van der Waals surface area contributed by atoms with Crippen LogP contribution in [0.1, 0.15) is 22.9 Å². The Hall–Kier alpha value is -3.80. The third-order valence-corrected chi connectivity index (χ3v) is 5.22. The molecule has 5 aromatic rings. The topological polar surface area (TPSA) is 53.1 Å². The number of methoxy groups -OCH3 is 2. The molecule has 0 N–H and O–H groups in total. The van der Waals surface area contributed by atoms with Crippen molar-refractivity contribution in [2.45, 2.75) is 5.92 Å². The molecule has 144 valence electrons. The second-order valence-electron chi connectivity index (χ2n) is 6.77. The fraction of sp³-hybridized carbons (Fsp3) is 0.130. The van der Waals surface area contributed by atoms with Crippen LogP contribution in [0, 0.1) is 0 Å². The van der Waals surface area contributed by atoms with Crippen LogP contribution in [0.4, 0.5) is 0 Å². The van der Waals surface area contributed by atoms with Crippen molar-refractivity contribution in [3.8, 4) is 11.5 Å². The quantitative estimate of drug-likeness (QED) is 0.456. The van der Waals surface area contributed by atoms with Crippen LogP contribution in [-0.2, 0) is 0 Å². The fourth-order valence-electron chi connectivity index (χ4n) is 3.86. The van der Waals surface area contributed by atoms with Crippen LogP contribution in [0.3, 0.4) is 0 Å². The molecule has 0 atom stereocenters. The molecule has 0 aliphatic carbocycles. The molecule has 0 bridgehead atoms. The van der Waals surface area contributed by atoms with Gasteiger partial charge in [0.15, 0.2) is 11.5 Å². The molecule has 0 fully saturated rings. The van der Waals surface area contributed by atoms with Crippen molar-refractivity contribution in [1.82, 2.24) is 18.8 Å². The first-order valence-corrected chi connectivity index (χ1v) is 9.36. The molecule has 4 aromatic heterocycles. The molecule has 0 saturated carbocycles. The first-order chi connectivity index (χ1) is 14.3. The van der Waals surface area contributed by atoms with Gasteiger partial charge in [0.1, 0.15) is 11.3 Å². The number of fused-ring (bicyclic) bond motifs is 2. The normalized spacial score (nSPS) is 11.4. The monoisotopic (exact) mass is 384 g/mol. The summed E-state index contributed by atoms with van der Waals surface area (Å²) in [4.78, 5) is 9.22. The minimum atomic E-state index is -0.0930. The highest BCUT2D eigenvalue weighted by molar-refractivity contribution is 5.52. The highest BCUT2D eigenvalue weighted by atomic mass is 16.5. The van der Waals surface area contributed by atoms with E-state index in [1.807, 2.05) is 73.3 Å². The van der Waals surface area contributed by atoms with Crippen LogP contribution in [0.2, 0.25) is 0 Å². The molecule has 29 heavy (non-hydrogen) atoms. The zero-order valence-corrected chi connectivity index (χ0v) is 16.2. The smallest absolute Gasteiger partial charge is 0.161 e. The Bertz CT molecular complexity index is 1230. The van der Waals surface area contributed by atoms with E-state index < -0.39 is 0 Å². The standard InChI is InChI=1S/C23H20N4O2/c1-28-19-10-9-16(13-20(19)29-2)23(17-14-24-21-7-3-5-11-26(17)21)18-15-25-22-8-4-6-12-27(18)22/h3-15,23H,1-2H3. The van der Waals surface area contributed by atoms with Gasteiger partial charge in [-0.2, -0.15) is 0 Å².